The van der Waals surface area contributed by atoms with Gasteiger partial charge >= 0.3 is 0 Å². The maximum Gasteiger partial charge on any atom is 0.0426 e. The highest BCUT2D eigenvalue weighted by molar-refractivity contribution is 6.30. The maximum absolute atomic E-state index is 6.16. The first-order valence-electron chi connectivity index (χ1n) is 7.48. The second-order valence-corrected chi connectivity index (χ2v) is 6.38. The van der Waals surface area contributed by atoms with E-state index >= 15 is 0 Å². The molecule has 20 heavy (non-hydrogen) atoms. The Morgan fingerprint density at radius 2 is 2.05 bits per heavy atom. The van der Waals surface area contributed by atoms with Crippen molar-refractivity contribution in [2.45, 2.75) is 19.3 Å². The third-order valence-corrected chi connectivity index (χ3v) is 4.48. The SMILES string of the molecule is CN1CCC(CN(C)c2cc(Cl)ccc2CCN)CC1. The zero-order valence-corrected chi connectivity index (χ0v) is 13.4. The Bertz CT molecular complexity index is 428. The van der Waals surface area contributed by atoms with E-state index in [9.17, 15) is 0 Å². The van der Waals surface area contributed by atoms with Crippen molar-refractivity contribution in [1.82, 2.24) is 4.90 Å². The van der Waals surface area contributed by atoms with Gasteiger partial charge in [0.1, 0.15) is 0 Å². The fraction of sp³-hybridized carbons (Fsp3) is 0.625. The van der Waals surface area contributed by atoms with Crippen LogP contribution in [0.5, 0.6) is 0 Å². The highest BCUT2D eigenvalue weighted by Crippen LogP contribution is 2.27. The number of hydrogen-bond acceptors (Lipinski definition) is 3. The summed E-state index contributed by atoms with van der Waals surface area (Å²) in [7, 11) is 4.38. The highest BCUT2D eigenvalue weighted by Gasteiger charge is 2.19. The molecule has 1 heterocycles. The van der Waals surface area contributed by atoms with Gasteiger partial charge in [-0.25, -0.2) is 0 Å². The molecule has 1 saturated heterocycles. The number of rotatable bonds is 5. The van der Waals surface area contributed by atoms with Gasteiger partial charge in [0.05, 0.1) is 0 Å². The van der Waals surface area contributed by atoms with E-state index in [-0.39, 0.29) is 0 Å². The summed E-state index contributed by atoms with van der Waals surface area (Å²) in [5.41, 5.74) is 8.25. The minimum Gasteiger partial charge on any atom is -0.374 e. The van der Waals surface area contributed by atoms with Crippen LogP contribution in [0.2, 0.25) is 5.02 Å². The molecular weight excluding hydrogens is 270 g/mol. The van der Waals surface area contributed by atoms with E-state index < -0.39 is 0 Å². The Kier molecular flexibility index (Phi) is 5.70. The number of anilines is 1. The predicted molar refractivity (Wildman–Crippen MR) is 87.7 cm³/mol. The highest BCUT2D eigenvalue weighted by atomic mass is 35.5. The molecule has 0 saturated carbocycles. The van der Waals surface area contributed by atoms with Crippen molar-refractivity contribution in [2.24, 2.45) is 11.7 Å². The van der Waals surface area contributed by atoms with Crippen LogP contribution in [0.1, 0.15) is 18.4 Å². The average molecular weight is 296 g/mol. The number of hydrogen-bond donors (Lipinski definition) is 1. The molecule has 0 spiro atoms. The van der Waals surface area contributed by atoms with Crippen LogP contribution < -0.4 is 10.6 Å². The Hall–Kier alpha value is -0.770. The molecule has 1 aromatic carbocycles. The summed E-state index contributed by atoms with van der Waals surface area (Å²) in [4.78, 5) is 4.77. The summed E-state index contributed by atoms with van der Waals surface area (Å²) < 4.78 is 0. The molecule has 0 aromatic heterocycles. The number of halogens is 1. The second kappa shape index (κ2) is 7.30. The van der Waals surface area contributed by atoms with Gasteiger partial charge in [-0.15, -0.1) is 0 Å². The minimum atomic E-state index is 0.677. The maximum atomic E-state index is 6.16. The van der Waals surface area contributed by atoms with Gasteiger partial charge in [0.2, 0.25) is 0 Å². The van der Waals surface area contributed by atoms with E-state index in [0.717, 1.165) is 23.9 Å². The lowest BCUT2D eigenvalue weighted by molar-refractivity contribution is 0.222. The average Bonchev–Trinajstić information content (AvgIpc) is 2.43. The van der Waals surface area contributed by atoms with E-state index in [4.69, 9.17) is 17.3 Å². The van der Waals surface area contributed by atoms with Gasteiger partial charge in [-0.2, -0.15) is 0 Å². The summed E-state index contributed by atoms with van der Waals surface area (Å²) >= 11 is 6.16. The van der Waals surface area contributed by atoms with Crippen molar-refractivity contribution in [3.63, 3.8) is 0 Å². The largest absolute Gasteiger partial charge is 0.374 e. The lowest BCUT2D eigenvalue weighted by atomic mass is 9.96. The van der Waals surface area contributed by atoms with Crippen LogP contribution in [0.4, 0.5) is 5.69 Å². The molecule has 1 aliphatic rings. The molecule has 3 nitrogen and oxygen atoms in total. The normalized spacial score (nSPS) is 17.4. The lowest BCUT2D eigenvalue weighted by Gasteiger charge is -2.33. The summed E-state index contributed by atoms with van der Waals surface area (Å²) in [5.74, 6) is 0.779. The van der Waals surface area contributed by atoms with Crippen molar-refractivity contribution in [3.8, 4) is 0 Å². The molecule has 112 valence electrons. The number of nitrogens with two attached hydrogens (primary N) is 1. The fourth-order valence-electron chi connectivity index (χ4n) is 2.99. The van der Waals surface area contributed by atoms with Crippen molar-refractivity contribution in [3.05, 3.63) is 28.8 Å². The van der Waals surface area contributed by atoms with Crippen molar-refractivity contribution in [1.29, 1.82) is 0 Å². The van der Waals surface area contributed by atoms with E-state index in [2.05, 4.69) is 36.0 Å². The monoisotopic (exact) mass is 295 g/mol. The number of nitrogens with zero attached hydrogens (tertiary/aromatic N) is 2. The van der Waals surface area contributed by atoms with Gasteiger partial charge in [0.15, 0.2) is 0 Å². The predicted octanol–water partition coefficient (Wildman–Crippen LogP) is 2.62. The summed E-state index contributed by atoms with van der Waals surface area (Å²) in [6.07, 6.45) is 3.48. The van der Waals surface area contributed by atoms with Crippen molar-refractivity contribution in [2.75, 3.05) is 45.2 Å². The minimum absolute atomic E-state index is 0.677. The zero-order valence-electron chi connectivity index (χ0n) is 12.6. The van der Waals surface area contributed by atoms with Crippen LogP contribution in [0.15, 0.2) is 18.2 Å². The van der Waals surface area contributed by atoms with E-state index in [1.807, 2.05) is 6.07 Å². The molecular formula is C16H26ClN3. The third kappa shape index (κ3) is 4.11. The first kappa shape index (κ1) is 15.6. The van der Waals surface area contributed by atoms with E-state index in [1.54, 1.807) is 0 Å². The molecule has 0 unspecified atom stereocenters. The molecule has 0 aliphatic carbocycles. The molecule has 2 N–H and O–H groups in total. The smallest absolute Gasteiger partial charge is 0.0426 e. The lowest BCUT2D eigenvalue weighted by Crippen LogP contribution is -2.36. The van der Waals surface area contributed by atoms with Crippen LogP contribution in [0.25, 0.3) is 0 Å². The topological polar surface area (TPSA) is 32.5 Å². The van der Waals surface area contributed by atoms with Crippen LogP contribution >= 0.6 is 11.6 Å². The third-order valence-electron chi connectivity index (χ3n) is 4.24. The molecule has 1 fully saturated rings. The molecule has 2 rings (SSSR count). The Balaban J connectivity index is 2.04. The summed E-state index contributed by atoms with van der Waals surface area (Å²) in [6.45, 7) is 4.20. The van der Waals surface area contributed by atoms with Gasteiger partial charge in [0.25, 0.3) is 0 Å². The second-order valence-electron chi connectivity index (χ2n) is 5.94. The van der Waals surface area contributed by atoms with Crippen LogP contribution in [0.3, 0.4) is 0 Å². The van der Waals surface area contributed by atoms with Gasteiger partial charge < -0.3 is 15.5 Å². The van der Waals surface area contributed by atoms with Gasteiger partial charge in [-0.05, 0) is 69.6 Å². The first-order chi connectivity index (χ1) is 9.60. The van der Waals surface area contributed by atoms with Crippen molar-refractivity contribution < 1.29 is 0 Å². The summed E-state index contributed by atoms with van der Waals surface area (Å²) in [5, 5.41) is 0.802. The van der Waals surface area contributed by atoms with Crippen molar-refractivity contribution >= 4 is 17.3 Å². The Labute approximate surface area is 127 Å². The molecule has 4 heteroatoms. The Morgan fingerprint density at radius 1 is 1.35 bits per heavy atom. The van der Waals surface area contributed by atoms with Crippen LogP contribution in [-0.4, -0.2) is 45.2 Å². The summed E-state index contributed by atoms with van der Waals surface area (Å²) in [6, 6.07) is 6.14. The first-order valence-corrected chi connectivity index (χ1v) is 7.86. The van der Waals surface area contributed by atoms with Gasteiger partial charge in [0, 0.05) is 24.3 Å². The molecule has 0 radical (unpaired) electrons. The standard InChI is InChI=1S/C16H26ClN3/c1-19-9-6-13(7-10-19)12-20(2)16-11-15(17)4-3-14(16)5-8-18/h3-4,11,13H,5-10,12,18H2,1-2H3. The molecule has 0 amide bonds. The van der Waals surface area contributed by atoms with Crippen LogP contribution in [0, 0.1) is 5.92 Å². The number of piperidine rings is 1. The number of benzene rings is 1. The van der Waals surface area contributed by atoms with Gasteiger partial charge in [-0.3, -0.25) is 0 Å². The molecule has 0 bridgehead atoms. The zero-order chi connectivity index (χ0) is 14.5. The Morgan fingerprint density at radius 3 is 2.70 bits per heavy atom. The van der Waals surface area contributed by atoms with E-state index in [1.165, 1.54) is 37.2 Å². The fourth-order valence-corrected chi connectivity index (χ4v) is 3.16. The quantitative estimate of drug-likeness (QED) is 0.906. The molecule has 1 aliphatic heterocycles. The van der Waals surface area contributed by atoms with Crippen LogP contribution in [-0.2, 0) is 6.42 Å². The number of likely N-dealkylation sites (tertiary alicyclic amines) is 1. The van der Waals surface area contributed by atoms with Gasteiger partial charge in [-0.1, -0.05) is 17.7 Å². The molecule has 1 aromatic rings. The molecule has 0 atom stereocenters. The van der Waals surface area contributed by atoms with E-state index in [0.29, 0.717) is 6.54 Å².